The smallest absolute Gasteiger partial charge is 0.307 e. The van der Waals surface area contributed by atoms with Crippen LogP contribution in [0.1, 0.15) is 71.1 Å². The lowest BCUT2D eigenvalue weighted by atomic mass is 9.77. The van der Waals surface area contributed by atoms with Crippen molar-refractivity contribution in [2.24, 2.45) is 0 Å². The van der Waals surface area contributed by atoms with Gasteiger partial charge in [-0.15, -0.1) is 0 Å². The predicted octanol–water partition coefficient (Wildman–Crippen LogP) is 5.32. The van der Waals surface area contributed by atoms with E-state index in [1.807, 2.05) is 30.3 Å². The topological polar surface area (TPSA) is 83.7 Å². The van der Waals surface area contributed by atoms with Crippen LogP contribution in [0.25, 0.3) is 0 Å². The molecule has 0 fully saturated rings. The first-order valence-electron chi connectivity index (χ1n) is 14.2. The number of carboxylic acids is 1. The minimum Gasteiger partial charge on any atom is -0.871 e. The van der Waals surface area contributed by atoms with E-state index in [-0.39, 0.29) is 34.5 Å². The van der Waals surface area contributed by atoms with Crippen LogP contribution in [-0.2, 0) is 26.8 Å². The number of likely N-dealkylation sites (N-methyl/N-ethyl adjacent to an activating group) is 1. The molecule has 0 spiro atoms. The third-order valence-corrected chi connectivity index (χ3v) is 8.70. The Balaban J connectivity index is 1.57. The van der Waals surface area contributed by atoms with Crippen LogP contribution < -0.4 is 10.0 Å². The van der Waals surface area contributed by atoms with Crippen LogP contribution in [0, 0.1) is 0 Å². The Morgan fingerprint density at radius 3 is 2.40 bits per heavy atom. The molecular weight excluding hydrogens is 500 g/mol. The van der Waals surface area contributed by atoms with Gasteiger partial charge in [0.2, 0.25) is 5.69 Å². The highest BCUT2D eigenvalue weighted by molar-refractivity contribution is 6.24. The Bertz CT molecular complexity index is 1550. The summed E-state index contributed by atoms with van der Waals surface area (Å²) in [6, 6.07) is 14.0. The standard InChI is InChI=1S/C34H38N2O4/c1-7-9-16-36-27-15-14-21(18-30(37)38)17-25(27)34(5,6)29(36)20-23-31(39)22(32(23)40)19-28-33(3,4)24-12-10-11-13-26(24)35(28)8-2/h10-15,17,19-20H,7-9,16,18H2,1-6H3,(H-,37,38,39,40). The number of benzene rings is 2. The minimum absolute atomic E-state index is 0.0479. The first-order chi connectivity index (χ1) is 18.9. The molecule has 2 heterocycles. The highest BCUT2D eigenvalue weighted by Gasteiger charge is 2.46. The first kappa shape index (κ1) is 27.6. The number of ketones is 1. The lowest BCUT2D eigenvalue weighted by Crippen LogP contribution is -2.35. The van der Waals surface area contributed by atoms with Gasteiger partial charge >= 0.3 is 5.97 Å². The van der Waals surface area contributed by atoms with Crippen LogP contribution in [0.5, 0.6) is 0 Å². The van der Waals surface area contributed by atoms with Crippen LogP contribution >= 0.6 is 0 Å². The molecule has 40 heavy (non-hydrogen) atoms. The van der Waals surface area contributed by atoms with Crippen LogP contribution in [0.3, 0.4) is 0 Å². The Labute approximate surface area is 236 Å². The highest BCUT2D eigenvalue weighted by atomic mass is 16.4. The molecule has 0 unspecified atom stereocenters. The fraction of sp³-hybridized carbons (Fsp3) is 0.382. The number of allylic oxidation sites excluding steroid dienone is 5. The molecule has 6 nitrogen and oxygen atoms in total. The van der Waals surface area contributed by atoms with Crippen molar-refractivity contribution in [1.82, 2.24) is 0 Å². The monoisotopic (exact) mass is 538 g/mol. The van der Waals surface area contributed by atoms with Crippen LogP contribution in [0.2, 0.25) is 0 Å². The molecule has 1 N–H and O–H groups in total. The van der Waals surface area contributed by atoms with Crippen molar-refractivity contribution in [2.45, 2.75) is 71.6 Å². The zero-order chi connectivity index (χ0) is 29.0. The first-order valence-corrected chi connectivity index (χ1v) is 14.2. The van der Waals surface area contributed by atoms with Gasteiger partial charge in [0.05, 0.1) is 11.8 Å². The van der Waals surface area contributed by atoms with Gasteiger partial charge in [-0.25, -0.2) is 0 Å². The fourth-order valence-electron chi connectivity index (χ4n) is 6.44. The number of hydrogen-bond donors (Lipinski definition) is 1. The molecule has 0 saturated carbocycles. The number of unbranched alkanes of at least 4 members (excludes halogenated alkanes) is 1. The molecule has 0 bridgehead atoms. The molecule has 5 rings (SSSR count). The van der Waals surface area contributed by atoms with E-state index in [1.165, 1.54) is 5.56 Å². The summed E-state index contributed by atoms with van der Waals surface area (Å²) in [6.45, 7) is 14.1. The van der Waals surface area contributed by atoms with Gasteiger partial charge in [0.15, 0.2) is 11.5 Å². The number of carbonyl (C=O) groups is 2. The SMILES string of the molecule is CCCC[N+]1=C(C=C2C(=O)C(/C=C3/N(CC)c4ccccc4C3(C)C)=C2[O-])C(C)(C)c2cc(CC(=O)O)ccc21. The van der Waals surface area contributed by atoms with Crippen molar-refractivity contribution in [3.05, 3.63) is 93.9 Å². The zero-order valence-corrected chi connectivity index (χ0v) is 24.3. The summed E-state index contributed by atoms with van der Waals surface area (Å²) >= 11 is 0. The number of carboxylic acid groups (broad SMARTS) is 1. The van der Waals surface area contributed by atoms with E-state index in [0.717, 1.165) is 59.8 Å². The number of hydrogen-bond acceptors (Lipinski definition) is 4. The third-order valence-electron chi connectivity index (χ3n) is 8.70. The number of nitrogens with zero attached hydrogens (tertiary/aromatic N) is 2. The normalized spacial score (nSPS) is 20.9. The predicted molar refractivity (Wildman–Crippen MR) is 156 cm³/mol. The Morgan fingerprint density at radius 2 is 1.75 bits per heavy atom. The summed E-state index contributed by atoms with van der Waals surface area (Å²) in [5.74, 6) is -1.31. The summed E-state index contributed by atoms with van der Waals surface area (Å²) in [4.78, 5) is 27.1. The number of rotatable bonds is 8. The van der Waals surface area contributed by atoms with Crippen molar-refractivity contribution in [3.8, 4) is 0 Å². The molecule has 0 radical (unpaired) electrons. The number of carbonyl (C=O) groups excluding carboxylic acids is 1. The average molecular weight is 539 g/mol. The van der Waals surface area contributed by atoms with E-state index in [2.05, 4.69) is 63.2 Å². The molecule has 3 aliphatic rings. The summed E-state index contributed by atoms with van der Waals surface area (Å²) in [5.41, 5.74) is 6.56. The quantitative estimate of drug-likeness (QED) is 0.364. The van der Waals surface area contributed by atoms with Crippen LogP contribution in [0.4, 0.5) is 11.4 Å². The Hall–Kier alpha value is -3.93. The fourth-order valence-corrected chi connectivity index (χ4v) is 6.44. The van der Waals surface area contributed by atoms with E-state index in [0.29, 0.717) is 0 Å². The summed E-state index contributed by atoms with van der Waals surface area (Å²) in [5, 5.41) is 22.8. The second-order valence-electron chi connectivity index (χ2n) is 12.0. The zero-order valence-electron chi connectivity index (χ0n) is 24.3. The van der Waals surface area contributed by atoms with E-state index in [9.17, 15) is 19.8 Å². The van der Waals surface area contributed by atoms with Crippen molar-refractivity contribution in [1.29, 1.82) is 0 Å². The molecule has 2 aliphatic heterocycles. The Morgan fingerprint density at radius 1 is 1.02 bits per heavy atom. The van der Waals surface area contributed by atoms with Gasteiger partial charge in [0, 0.05) is 58.6 Å². The third kappa shape index (κ3) is 4.21. The number of anilines is 1. The van der Waals surface area contributed by atoms with Gasteiger partial charge < -0.3 is 15.1 Å². The van der Waals surface area contributed by atoms with Crippen molar-refractivity contribution >= 4 is 28.8 Å². The molecule has 6 heteroatoms. The maximum Gasteiger partial charge on any atom is 0.307 e. The summed E-state index contributed by atoms with van der Waals surface area (Å²) < 4.78 is 2.20. The number of aliphatic carboxylic acids is 1. The molecule has 208 valence electrons. The average Bonchev–Trinajstić information content (AvgIpc) is 3.26. The molecule has 2 aromatic rings. The van der Waals surface area contributed by atoms with Gasteiger partial charge in [-0.3, -0.25) is 9.59 Å². The highest BCUT2D eigenvalue weighted by Crippen LogP contribution is 2.49. The minimum atomic E-state index is -0.872. The van der Waals surface area contributed by atoms with Crippen LogP contribution in [0.15, 0.2) is 77.2 Å². The van der Waals surface area contributed by atoms with E-state index < -0.39 is 11.4 Å². The molecule has 0 aromatic heterocycles. The van der Waals surface area contributed by atoms with Gasteiger partial charge in [0.25, 0.3) is 0 Å². The molecule has 0 amide bonds. The second-order valence-corrected chi connectivity index (χ2v) is 12.0. The van der Waals surface area contributed by atoms with Gasteiger partial charge in [0.1, 0.15) is 6.54 Å². The van der Waals surface area contributed by atoms with Gasteiger partial charge in [-0.2, -0.15) is 4.58 Å². The number of Topliss-reactive ketones (excluding diaryl/α,β-unsaturated/α-hetero) is 1. The maximum atomic E-state index is 13.5. The van der Waals surface area contributed by atoms with Gasteiger partial charge in [-0.05, 0) is 50.1 Å². The lowest BCUT2D eigenvalue weighted by molar-refractivity contribution is -0.438. The molecular formula is C34H38N2O4. The van der Waals surface area contributed by atoms with Crippen molar-refractivity contribution in [2.75, 3.05) is 18.0 Å². The largest absolute Gasteiger partial charge is 0.871 e. The second kappa shape index (κ2) is 9.92. The molecule has 0 atom stereocenters. The van der Waals surface area contributed by atoms with Crippen molar-refractivity contribution in [3.63, 3.8) is 0 Å². The number of para-hydroxylation sites is 1. The van der Waals surface area contributed by atoms with Crippen LogP contribution in [-0.4, -0.2) is 40.2 Å². The molecule has 2 aromatic carbocycles. The molecule has 0 saturated heterocycles. The summed E-state index contributed by atoms with van der Waals surface area (Å²) in [7, 11) is 0. The summed E-state index contributed by atoms with van der Waals surface area (Å²) in [6.07, 6.45) is 5.49. The van der Waals surface area contributed by atoms with E-state index in [1.54, 1.807) is 12.2 Å². The number of fused-ring (bicyclic) bond motifs is 2. The molecule has 1 aliphatic carbocycles. The van der Waals surface area contributed by atoms with E-state index in [4.69, 9.17) is 0 Å². The van der Waals surface area contributed by atoms with Crippen molar-refractivity contribution < 1.29 is 24.4 Å². The lowest BCUT2D eigenvalue weighted by Gasteiger charge is -2.32. The Kier molecular flexibility index (Phi) is 6.85. The van der Waals surface area contributed by atoms with E-state index >= 15 is 0 Å². The van der Waals surface area contributed by atoms with Gasteiger partial charge in [-0.1, -0.05) is 57.2 Å². The maximum absolute atomic E-state index is 13.5.